The Morgan fingerprint density at radius 2 is 2.20 bits per heavy atom. The Morgan fingerprint density at radius 1 is 1.35 bits per heavy atom. The van der Waals surface area contributed by atoms with E-state index in [1.807, 2.05) is 32.4 Å². The minimum atomic E-state index is 0.130. The highest BCUT2D eigenvalue weighted by atomic mass is 15.4. The molecule has 0 aliphatic heterocycles. The van der Waals surface area contributed by atoms with Gasteiger partial charge in [-0.25, -0.2) is 4.98 Å². The minimum Gasteiger partial charge on any atom is -0.328 e. The van der Waals surface area contributed by atoms with Crippen molar-refractivity contribution in [1.82, 2.24) is 24.5 Å². The maximum Gasteiger partial charge on any atom is 0.140 e. The van der Waals surface area contributed by atoms with E-state index in [0.29, 0.717) is 6.54 Å². The van der Waals surface area contributed by atoms with E-state index in [9.17, 15) is 0 Å². The van der Waals surface area contributed by atoms with Gasteiger partial charge in [0.05, 0.1) is 6.54 Å². The number of pyridine rings is 1. The smallest absolute Gasteiger partial charge is 0.140 e. The van der Waals surface area contributed by atoms with Gasteiger partial charge >= 0.3 is 0 Å². The van der Waals surface area contributed by atoms with Crippen LogP contribution >= 0.6 is 0 Å². The van der Waals surface area contributed by atoms with Gasteiger partial charge in [0.2, 0.25) is 0 Å². The Morgan fingerprint density at radius 3 is 2.90 bits per heavy atom. The molecule has 0 aromatic carbocycles. The van der Waals surface area contributed by atoms with Gasteiger partial charge in [-0.1, -0.05) is 5.21 Å². The van der Waals surface area contributed by atoms with Crippen LogP contribution in [0.15, 0.2) is 30.7 Å². The fraction of sp³-hybridized carbons (Fsp3) is 0.357. The Bertz CT molecular complexity index is 724. The van der Waals surface area contributed by atoms with E-state index >= 15 is 0 Å². The van der Waals surface area contributed by atoms with Crippen LogP contribution in [-0.4, -0.2) is 30.6 Å². The first-order valence-electron chi connectivity index (χ1n) is 6.67. The standard InChI is InChI=1S/C14H18N6/c1-10(15)6-11-7-20(9-12-8-19(2)18-17-12)14-13(11)4-3-5-16-14/h3-5,7-8,10H,6,9,15H2,1-2H3. The maximum absolute atomic E-state index is 5.93. The Kier molecular flexibility index (Phi) is 3.23. The second-order valence-corrected chi connectivity index (χ2v) is 5.22. The van der Waals surface area contributed by atoms with Crippen LogP contribution in [0.2, 0.25) is 0 Å². The zero-order valence-corrected chi connectivity index (χ0v) is 11.7. The topological polar surface area (TPSA) is 74.5 Å². The highest BCUT2D eigenvalue weighted by molar-refractivity contribution is 5.80. The zero-order valence-electron chi connectivity index (χ0n) is 11.7. The van der Waals surface area contributed by atoms with Gasteiger partial charge in [0.1, 0.15) is 11.3 Å². The summed E-state index contributed by atoms with van der Waals surface area (Å²) in [7, 11) is 1.87. The summed E-state index contributed by atoms with van der Waals surface area (Å²) in [5.41, 5.74) is 9.04. The van der Waals surface area contributed by atoms with Crippen LogP contribution in [0.1, 0.15) is 18.2 Å². The fourth-order valence-electron chi connectivity index (χ4n) is 2.47. The predicted octanol–water partition coefficient (Wildman–Crippen LogP) is 1.10. The van der Waals surface area contributed by atoms with Crippen molar-refractivity contribution in [3.63, 3.8) is 0 Å². The summed E-state index contributed by atoms with van der Waals surface area (Å²) in [6.07, 6.45) is 6.69. The van der Waals surface area contributed by atoms with Gasteiger partial charge in [0, 0.05) is 37.1 Å². The van der Waals surface area contributed by atoms with Crippen LogP contribution in [-0.2, 0) is 20.0 Å². The van der Waals surface area contributed by atoms with Gasteiger partial charge in [-0.15, -0.1) is 5.10 Å². The summed E-state index contributed by atoms with van der Waals surface area (Å²) < 4.78 is 3.81. The maximum atomic E-state index is 5.93. The van der Waals surface area contributed by atoms with Crippen LogP contribution in [0, 0.1) is 0 Å². The van der Waals surface area contributed by atoms with Crippen molar-refractivity contribution in [3.05, 3.63) is 42.0 Å². The monoisotopic (exact) mass is 270 g/mol. The summed E-state index contributed by atoms with van der Waals surface area (Å²) in [5, 5.41) is 9.25. The first-order chi connectivity index (χ1) is 9.63. The fourth-order valence-corrected chi connectivity index (χ4v) is 2.47. The lowest BCUT2D eigenvalue weighted by atomic mass is 10.1. The van der Waals surface area contributed by atoms with Crippen LogP contribution in [0.5, 0.6) is 0 Å². The highest BCUT2D eigenvalue weighted by Crippen LogP contribution is 2.21. The van der Waals surface area contributed by atoms with Gasteiger partial charge in [0.25, 0.3) is 0 Å². The Hall–Kier alpha value is -2.21. The molecule has 104 valence electrons. The summed E-state index contributed by atoms with van der Waals surface area (Å²) in [5.74, 6) is 0. The number of rotatable bonds is 4. The molecule has 0 radical (unpaired) electrons. The third-order valence-electron chi connectivity index (χ3n) is 3.24. The Labute approximate surface area is 117 Å². The first kappa shape index (κ1) is 12.8. The summed E-state index contributed by atoms with van der Waals surface area (Å²) in [4.78, 5) is 4.48. The van der Waals surface area contributed by atoms with Crippen molar-refractivity contribution in [3.8, 4) is 0 Å². The van der Waals surface area contributed by atoms with Crippen molar-refractivity contribution >= 4 is 11.0 Å². The normalized spacial score (nSPS) is 12.9. The number of nitrogens with zero attached hydrogens (tertiary/aromatic N) is 5. The molecule has 0 saturated carbocycles. The molecule has 0 bridgehead atoms. The van der Waals surface area contributed by atoms with Crippen LogP contribution in [0.3, 0.4) is 0 Å². The van der Waals surface area contributed by atoms with Crippen LogP contribution in [0.4, 0.5) is 0 Å². The number of fused-ring (bicyclic) bond motifs is 1. The van der Waals surface area contributed by atoms with Gasteiger partial charge in [-0.2, -0.15) is 0 Å². The van der Waals surface area contributed by atoms with Gasteiger partial charge < -0.3 is 10.3 Å². The molecule has 3 rings (SSSR count). The SMILES string of the molecule is CC(N)Cc1cn(Cc2cn(C)nn2)c2ncccc12. The molecule has 0 saturated heterocycles. The third-order valence-corrected chi connectivity index (χ3v) is 3.24. The molecule has 0 fully saturated rings. The average molecular weight is 270 g/mol. The minimum absolute atomic E-state index is 0.130. The molecule has 3 aromatic heterocycles. The zero-order chi connectivity index (χ0) is 14.1. The van der Waals surface area contributed by atoms with Crippen molar-refractivity contribution < 1.29 is 0 Å². The molecule has 0 spiro atoms. The Balaban J connectivity index is 2.02. The number of hydrogen-bond acceptors (Lipinski definition) is 4. The van der Waals surface area contributed by atoms with Crippen molar-refractivity contribution in [1.29, 1.82) is 0 Å². The van der Waals surface area contributed by atoms with Gasteiger partial charge in [0.15, 0.2) is 0 Å². The largest absolute Gasteiger partial charge is 0.328 e. The lowest BCUT2D eigenvalue weighted by Gasteiger charge is -2.02. The second-order valence-electron chi connectivity index (χ2n) is 5.22. The molecule has 0 aliphatic carbocycles. The lowest BCUT2D eigenvalue weighted by molar-refractivity contribution is 0.709. The molecule has 6 nitrogen and oxygen atoms in total. The second kappa shape index (κ2) is 5.05. The third kappa shape index (κ3) is 2.42. The van der Waals surface area contributed by atoms with Crippen molar-refractivity contribution in [2.24, 2.45) is 12.8 Å². The molecule has 1 unspecified atom stereocenters. The molecule has 0 aliphatic rings. The molecule has 2 N–H and O–H groups in total. The summed E-state index contributed by atoms with van der Waals surface area (Å²) in [6.45, 7) is 2.68. The average Bonchev–Trinajstić information content (AvgIpc) is 2.95. The van der Waals surface area contributed by atoms with E-state index in [1.54, 1.807) is 4.68 Å². The van der Waals surface area contributed by atoms with E-state index in [1.165, 1.54) is 5.56 Å². The quantitative estimate of drug-likeness (QED) is 0.770. The first-order valence-corrected chi connectivity index (χ1v) is 6.67. The molecular formula is C14H18N6. The van der Waals surface area contributed by atoms with E-state index in [4.69, 9.17) is 5.73 Å². The van der Waals surface area contributed by atoms with Crippen molar-refractivity contribution in [2.75, 3.05) is 0 Å². The molecule has 3 heterocycles. The number of hydrogen-bond donors (Lipinski definition) is 1. The summed E-state index contributed by atoms with van der Waals surface area (Å²) >= 11 is 0. The van der Waals surface area contributed by atoms with Gasteiger partial charge in [-0.05, 0) is 31.0 Å². The molecule has 6 heteroatoms. The molecular weight excluding hydrogens is 252 g/mol. The lowest BCUT2D eigenvalue weighted by Crippen LogP contribution is -2.17. The van der Waals surface area contributed by atoms with E-state index in [2.05, 4.69) is 32.1 Å². The van der Waals surface area contributed by atoms with Gasteiger partial charge in [-0.3, -0.25) is 4.68 Å². The van der Waals surface area contributed by atoms with Crippen molar-refractivity contribution in [2.45, 2.75) is 25.9 Å². The van der Waals surface area contributed by atoms with Crippen LogP contribution in [0.25, 0.3) is 11.0 Å². The number of aromatic nitrogens is 5. The molecule has 1 atom stereocenters. The van der Waals surface area contributed by atoms with E-state index < -0.39 is 0 Å². The summed E-state index contributed by atoms with van der Waals surface area (Å²) in [6, 6.07) is 4.18. The van der Waals surface area contributed by atoms with E-state index in [0.717, 1.165) is 23.1 Å². The molecule has 20 heavy (non-hydrogen) atoms. The van der Waals surface area contributed by atoms with E-state index in [-0.39, 0.29) is 6.04 Å². The number of aryl methyl sites for hydroxylation is 1. The molecule has 3 aromatic rings. The predicted molar refractivity (Wildman–Crippen MR) is 77.2 cm³/mol. The van der Waals surface area contributed by atoms with Crippen LogP contribution < -0.4 is 5.73 Å². The highest BCUT2D eigenvalue weighted by Gasteiger charge is 2.11. The molecule has 0 amide bonds. The number of nitrogens with two attached hydrogens (primary N) is 1.